The summed E-state index contributed by atoms with van der Waals surface area (Å²) in [7, 11) is 1.91. The summed E-state index contributed by atoms with van der Waals surface area (Å²) in [4.78, 5) is 27.8. The summed E-state index contributed by atoms with van der Waals surface area (Å²) < 4.78 is 1.91. The highest BCUT2D eigenvalue weighted by Gasteiger charge is 2.16. The first kappa shape index (κ1) is 18.0. The van der Waals surface area contributed by atoms with E-state index in [1.165, 1.54) is 23.9 Å². The number of aromatic nitrogens is 2. The summed E-state index contributed by atoms with van der Waals surface area (Å²) in [6.45, 7) is 0. The number of nitrogens with zero attached hydrogens (tertiary/aromatic N) is 3. The topological polar surface area (TPSA) is 90.1 Å². The van der Waals surface area contributed by atoms with E-state index in [1.807, 2.05) is 29.9 Å². The molecule has 26 heavy (non-hydrogen) atoms. The van der Waals surface area contributed by atoms with Gasteiger partial charge in [-0.05, 0) is 30.3 Å². The van der Waals surface area contributed by atoms with Gasteiger partial charge < -0.3 is 9.88 Å². The van der Waals surface area contributed by atoms with Gasteiger partial charge in [0.05, 0.1) is 15.5 Å². The number of anilines is 1. The minimum atomic E-state index is -0.573. The molecule has 0 fully saturated rings. The van der Waals surface area contributed by atoms with Crippen molar-refractivity contribution in [2.45, 2.75) is 10.1 Å². The van der Waals surface area contributed by atoms with Gasteiger partial charge in [-0.2, -0.15) is 0 Å². The molecule has 0 unspecified atom stereocenters. The van der Waals surface area contributed by atoms with Crippen molar-refractivity contribution in [2.24, 2.45) is 7.05 Å². The third kappa shape index (κ3) is 4.04. The SMILES string of the molecule is Cn1ccnc1Sc1ccc(NC(=O)c2cc([N+](=O)[O-])ccc2Cl)cc1. The second-order valence-electron chi connectivity index (χ2n) is 5.32. The van der Waals surface area contributed by atoms with Crippen LogP contribution >= 0.6 is 23.4 Å². The molecule has 7 nitrogen and oxygen atoms in total. The van der Waals surface area contributed by atoms with Crippen LogP contribution in [-0.4, -0.2) is 20.4 Å². The minimum absolute atomic E-state index is 0.0485. The molecule has 2 aromatic carbocycles. The van der Waals surface area contributed by atoms with Crippen molar-refractivity contribution >= 4 is 40.6 Å². The fraction of sp³-hybridized carbons (Fsp3) is 0.0588. The Bertz CT molecular complexity index is 972. The van der Waals surface area contributed by atoms with E-state index < -0.39 is 10.8 Å². The maximum Gasteiger partial charge on any atom is 0.270 e. The summed E-state index contributed by atoms with van der Waals surface area (Å²) in [5, 5.41) is 14.5. The number of non-ortho nitro benzene ring substituents is 1. The van der Waals surface area contributed by atoms with E-state index in [9.17, 15) is 14.9 Å². The van der Waals surface area contributed by atoms with Crippen LogP contribution in [0.15, 0.2) is 64.9 Å². The average molecular weight is 389 g/mol. The van der Waals surface area contributed by atoms with Gasteiger partial charge >= 0.3 is 0 Å². The molecule has 0 spiro atoms. The molecule has 0 radical (unpaired) electrons. The summed E-state index contributed by atoms with van der Waals surface area (Å²) in [6.07, 6.45) is 3.58. The molecule has 0 saturated heterocycles. The molecule has 0 aliphatic rings. The average Bonchev–Trinajstić information content (AvgIpc) is 3.01. The predicted octanol–water partition coefficient (Wildman–Crippen LogP) is 4.39. The molecule has 3 rings (SSSR count). The van der Waals surface area contributed by atoms with Gasteiger partial charge in [0.25, 0.3) is 11.6 Å². The van der Waals surface area contributed by atoms with Crippen LogP contribution in [0.25, 0.3) is 0 Å². The summed E-state index contributed by atoms with van der Waals surface area (Å²) in [5.41, 5.74) is 0.412. The second kappa shape index (κ2) is 7.59. The Labute approximate surface area is 158 Å². The molecule has 0 aliphatic heterocycles. The molecular formula is C17H13ClN4O3S. The van der Waals surface area contributed by atoms with E-state index in [0.717, 1.165) is 16.1 Å². The number of imidazole rings is 1. The highest BCUT2D eigenvalue weighted by molar-refractivity contribution is 7.99. The van der Waals surface area contributed by atoms with Gasteiger partial charge in [0.1, 0.15) is 0 Å². The van der Waals surface area contributed by atoms with Crippen molar-refractivity contribution in [3.63, 3.8) is 0 Å². The molecule has 0 saturated carbocycles. The number of carbonyl (C=O) groups is 1. The number of amides is 1. The Kier molecular flexibility index (Phi) is 5.24. The van der Waals surface area contributed by atoms with Gasteiger partial charge in [-0.25, -0.2) is 4.98 Å². The van der Waals surface area contributed by atoms with Gasteiger partial charge in [0.15, 0.2) is 5.16 Å². The van der Waals surface area contributed by atoms with Crippen LogP contribution in [0.3, 0.4) is 0 Å². The Morgan fingerprint density at radius 2 is 2.00 bits per heavy atom. The molecular weight excluding hydrogens is 376 g/mol. The summed E-state index contributed by atoms with van der Waals surface area (Å²) in [6, 6.07) is 10.9. The second-order valence-corrected chi connectivity index (χ2v) is 6.77. The first-order valence-electron chi connectivity index (χ1n) is 7.44. The van der Waals surface area contributed by atoms with Crippen LogP contribution in [0.2, 0.25) is 5.02 Å². The number of benzene rings is 2. The number of hydrogen-bond acceptors (Lipinski definition) is 5. The van der Waals surface area contributed by atoms with E-state index in [1.54, 1.807) is 18.3 Å². The largest absolute Gasteiger partial charge is 0.329 e. The molecule has 132 valence electrons. The van der Waals surface area contributed by atoms with Crippen molar-refractivity contribution in [2.75, 3.05) is 5.32 Å². The Balaban J connectivity index is 1.73. The van der Waals surface area contributed by atoms with E-state index in [-0.39, 0.29) is 16.3 Å². The Morgan fingerprint density at radius 1 is 1.27 bits per heavy atom. The van der Waals surface area contributed by atoms with Crippen molar-refractivity contribution in [1.82, 2.24) is 9.55 Å². The number of nitro groups is 1. The number of halogens is 1. The Morgan fingerprint density at radius 3 is 2.62 bits per heavy atom. The molecule has 0 atom stereocenters. The zero-order valence-electron chi connectivity index (χ0n) is 13.5. The lowest BCUT2D eigenvalue weighted by molar-refractivity contribution is -0.384. The molecule has 1 amide bonds. The van der Waals surface area contributed by atoms with Crippen LogP contribution in [0.4, 0.5) is 11.4 Å². The van der Waals surface area contributed by atoms with Gasteiger partial charge in [-0.15, -0.1) is 0 Å². The molecule has 0 bridgehead atoms. The standard InChI is InChI=1S/C17H13ClN4O3S/c1-21-9-8-19-17(21)26-13-5-2-11(3-6-13)20-16(23)14-10-12(22(24)25)4-7-15(14)18/h2-10H,1H3,(H,20,23). The van der Waals surface area contributed by atoms with Crippen LogP contribution in [-0.2, 0) is 7.05 Å². The van der Waals surface area contributed by atoms with E-state index in [0.29, 0.717) is 5.69 Å². The van der Waals surface area contributed by atoms with Crippen LogP contribution in [0.5, 0.6) is 0 Å². The number of nitrogens with one attached hydrogen (secondary N) is 1. The quantitative estimate of drug-likeness (QED) is 0.517. The predicted molar refractivity (Wildman–Crippen MR) is 99.8 cm³/mol. The highest BCUT2D eigenvalue weighted by Crippen LogP contribution is 2.27. The van der Waals surface area contributed by atoms with Crippen molar-refractivity contribution in [3.8, 4) is 0 Å². The molecule has 9 heteroatoms. The minimum Gasteiger partial charge on any atom is -0.329 e. The maximum absolute atomic E-state index is 12.4. The number of rotatable bonds is 5. The molecule has 3 aromatic rings. The van der Waals surface area contributed by atoms with Gasteiger partial charge in [0.2, 0.25) is 0 Å². The monoisotopic (exact) mass is 388 g/mol. The normalized spacial score (nSPS) is 10.5. The first-order valence-corrected chi connectivity index (χ1v) is 8.64. The third-order valence-electron chi connectivity index (χ3n) is 3.50. The van der Waals surface area contributed by atoms with Crippen molar-refractivity contribution in [1.29, 1.82) is 0 Å². The van der Waals surface area contributed by atoms with Crippen LogP contribution in [0, 0.1) is 10.1 Å². The maximum atomic E-state index is 12.4. The van der Waals surface area contributed by atoms with Gasteiger partial charge in [0, 0.05) is 42.2 Å². The lowest BCUT2D eigenvalue weighted by atomic mass is 10.2. The summed E-state index contributed by atoms with van der Waals surface area (Å²) >= 11 is 7.48. The lowest BCUT2D eigenvalue weighted by Crippen LogP contribution is -2.12. The summed E-state index contributed by atoms with van der Waals surface area (Å²) in [5.74, 6) is -0.511. The number of nitro benzene ring substituents is 1. The Hall–Kier alpha value is -2.84. The van der Waals surface area contributed by atoms with Crippen LogP contribution < -0.4 is 5.32 Å². The molecule has 1 N–H and O–H groups in total. The van der Waals surface area contributed by atoms with E-state index in [4.69, 9.17) is 11.6 Å². The highest BCUT2D eigenvalue weighted by atomic mass is 35.5. The van der Waals surface area contributed by atoms with Crippen LogP contribution in [0.1, 0.15) is 10.4 Å². The van der Waals surface area contributed by atoms with E-state index in [2.05, 4.69) is 10.3 Å². The van der Waals surface area contributed by atoms with Gasteiger partial charge in [-0.1, -0.05) is 23.4 Å². The van der Waals surface area contributed by atoms with Crippen molar-refractivity contribution < 1.29 is 9.72 Å². The number of carbonyl (C=O) groups excluding carboxylic acids is 1. The number of hydrogen-bond donors (Lipinski definition) is 1. The first-order chi connectivity index (χ1) is 12.4. The fourth-order valence-corrected chi connectivity index (χ4v) is 3.17. The van der Waals surface area contributed by atoms with E-state index >= 15 is 0 Å². The smallest absolute Gasteiger partial charge is 0.270 e. The zero-order chi connectivity index (χ0) is 18.7. The molecule has 0 aliphatic carbocycles. The lowest BCUT2D eigenvalue weighted by Gasteiger charge is -2.08. The number of aryl methyl sites for hydroxylation is 1. The zero-order valence-corrected chi connectivity index (χ0v) is 15.1. The van der Waals surface area contributed by atoms with Gasteiger partial charge in [-0.3, -0.25) is 14.9 Å². The van der Waals surface area contributed by atoms with Crippen molar-refractivity contribution in [3.05, 3.63) is 75.6 Å². The third-order valence-corrected chi connectivity index (χ3v) is 4.92. The fourth-order valence-electron chi connectivity index (χ4n) is 2.16. The molecule has 1 heterocycles. The molecule has 1 aromatic heterocycles.